The second kappa shape index (κ2) is 5.49. The van der Waals surface area contributed by atoms with E-state index in [1.165, 1.54) is 0 Å². The first-order chi connectivity index (χ1) is 8.56. The minimum absolute atomic E-state index is 0.451. The highest BCUT2D eigenvalue weighted by Crippen LogP contribution is 2.34. The maximum absolute atomic E-state index is 6.22. The van der Waals surface area contributed by atoms with Gasteiger partial charge in [0.25, 0.3) is 0 Å². The molecule has 0 aliphatic heterocycles. The van der Waals surface area contributed by atoms with Crippen LogP contribution >= 0.6 is 34.8 Å². The Labute approximate surface area is 120 Å². The molecule has 1 unspecified atom stereocenters. The van der Waals surface area contributed by atoms with Crippen LogP contribution in [0.3, 0.4) is 0 Å². The largest absolute Gasteiger partial charge is 0.319 e. The van der Waals surface area contributed by atoms with Gasteiger partial charge in [-0.15, -0.1) is 0 Å². The Morgan fingerprint density at radius 1 is 1.28 bits per heavy atom. The van der Waals surface area contributed by atoms with Crippen molar-refractivity contribution < 1.29 is 0 Å². The number of aryl methyl sites for hydroxylation is 1. The van der Waals surface area contributed by atoms with Crippen molar-refractivity contribution in [3.63, 3.8) is 0 Å². The lowest BCUT2D eigenvalue weighted by Crippen LogP contribution is -2.18. The number of rotatable bonds is 3. The van der Waals surface area contributed by atoms with E-state index in [2.05, 4.69) is 5.10 Å². The van der Waals surface area contributed by atoms with Crippen molar-refractivity contribution in [1.82, 2.24) is 9.78 Å². The Morgan fingerprint density at radius 3 is 2.67 bits per heavy atom. The van der Waals surface area contributed by atoms with E-state index in [1.807, 2.05) is 19.1 Å². The molecule has 0 fully saturated rings. The predicted octanol–water partition coefficient (Wildman–Crippen LogP) is 3.91. The summed E-state index contributed by atoms with van der Waals surface area (Å²) in [6.07, 6.45) is 1.58. The molecule has 2 aromatic rings. The van der Waals surface area contributed by atoms with Gasteiger partial charge in [-0.1, -0.05) is 46.9 Å². The van der Waals surface area contributed by atoms with E-state index in [0.29, 0.717) is 21.6 Å². The van der Waals surface area contributed by atoms with Gasteiger partial charge in [0.2, 0.25) is 0 Å². The van der Waals surface area contributed by atoms with Gasteiger partial charge in [0.1, 0.15) is 0 Å². The molecular formula is C12H12Cl3N3. The van der Waals surface area contributed by atoms with Crippen LogP contribution in [0.4, 0.5) is 0 Å². The van der Waals surface area contributed by atoms with Gasteiger partial charge in [0, 0.05) is 6.54 Å². The summed E-state index contributed by atoms with van der Waals surface area (Å²) >= 11 is 18.3. The molecule has 1 atom stereocenters. The fourth-order valence-corrected chi connectivity index (χ4v) is 2.53. The van der Waals surface area contributed by atoms with Gasteiger partial charge < -0.3 is 5.73 Å². The van der Waals surface area contributed by atoms with Crippen LogP contribution in [0.25, 0.3) is 0 Å². The third-order valence-electron chi connectivity index (χ3n) is 2.74. The molecule has 6 heteroatoms. The first kappa shape index (κ1) is 13.7. The van der Waals surface area contributed by atoms with E-state index in [9.17, 15) is 0 Å². The van der Waals surface area contributed by atoms with Crippen LogP contribution < -0.4 is 5.73 Å². The van der Waals surface area contributed by atoms with Gasteiger partial charge in [-0.25, -0.2) is 0 Å². The highest BCUT2D eigenvalue weighted by atomic mass is 35.5. The van der Waals surface area contributed by atoms with Crippen molar-refractivity contribution in [3.05, 3.63) is 50.7 Å². The van der Waals surface area contributed by atoms with Gasteiger partial charge in [0.15, 0.2) is 0 Å². The van der Waals surface area contributed by atoms with Crippen molar-refractivity contribution in [3.8, 4) is 0 Å². The molecule has 18 heavy (non-hydrogen) atoms. The molecule has 0 saturated carbocycles. The van der Waals surface area contributed by atoms with Crippen molar-refractivity contribution in [2.45, 2.75) is 19.5 Å². The van der Waals surface area contributed by atoms with E-state index in [0.717, 1.165) is 11.3 Å². The van der Waals surface area contributed by atoms with Crippen LogP contribution in [0.1, 0.15) is 24.2 Å². The molecule has 0 aliphatic carbocycles. The zero-order valence-electron chi connectivity index (χ0n) is 9.70. The predicted molar refractivity (Wildman–Crippen MR) is 75.4 cm³/mol. The van der Waals surface area contributed by atoms with Crippen LogP contribution in [-0.4, -0.2) is 9.78 Å². The van der Waals surface area contributed by atoms with Crippen molar-refractivity contribution in [2.75, 3.05) is 0 Å². The summed E-state index contributed by atoms with van der Waals surface area (Å²) in [5.41, 5.74) is 7.70. The van der Waals surface area contributed by atoms with Crippen molar-refractivity contribution >= 4 is 34.8 Å². The number of nitrogens with zero attached hydrogens (tertiary/aromatic N) is 2. The number of nitrogens with two attached hydrogens (primary N) is 1. The zero-order valence-corrected chi connectivity index (χ0v) is 12.0. The molecule has 1 heterocycles. The molecule has 2 N–H and O–H groups in total. The number of hydrogen-bond donors (Lipinski definition) is 1. The average molecular weight is 305 g/mol. The van der Waals surface area contributed by atoms with Crippen molar-refractivity contribution in [1.29, 1.82) is 0 Å². The Balaban J connectivity index is 2.51. The number of halogens is 3. The summed E-state index contributed by atoms with van der Waals surface area (Å²) in [7, 11) is 0. The van der Waals surface area contributed by atoms with Gasteiger partial charge >= 0.3 is 0 Å². The maximum atomic E-state index is 6.22. The molecule has 0 spiro atoms. The van der Waals surface area contributed by atoms with Gasteiger partial charge in [-0.3, -0.25) is 4.68 Å². The van der Waals surface area contributed by atoms with Crippen LogP contribution in [0.5, 0.6) is 0 Å². The standard InChI is InChI=1S/C12H12Cl3N3/c1-2-18-12(9(14)6-17-18)11(16)7-4-3-5-8(13)10(7)15/h3-6,11H,2,16H2,1H3. The minimum atomic E-state index is -0.453. The second-order valence-electron chi connectivity index (χ2n) is 3.81. The van der Waals surface area contributed by atoms with E-state index >= 15 is 0 Å². The third kappa shape index (κ3) is 2.36. The summed E-state index contributed by atoms with van der Waals surface area (Å²) in [6.45, 7) is 2.66. The van der Waals surface area contributed by atoms with Crippen LogP contribution in [0, 0.1) is 0 Å². The van der Waals surface area contributed by atoms with Gasteiger partial charge in [-0.2, -0.15) is 5.10 Å². The van der Waals surface area contributed by atoms with Gasteiger partial charge in [0.05, 0.1) is 33.0 Å². The fourth-order valence-electron chi connectivity index (χ4n) is 1.84. The summed E-state index contributed by atoms with van der Waals surface area (Å²) in [6, 6.07) is 4.91. The minimum Gasteiger partial charge on any atom is -0.319 e. The van der Waals surface area contributed by atoms with Crippen molar-refractivity contribution in [2.24, 2.45) is 5.73 Å². The average Bonchev–Trinajstić information content (AvgIpc) is 2.73. The van der Waals surface area contributed by atoms with E-state index in [4.69, 9.17) is 40.5 Å². The lowest BCUT2D eigenvalue weighted by Gasteiger charge is -2.16. The molecule has 1 aromatic heterocycles. The second-order valence-corrected chi connectivity index (χ2v) is 5.01. The maximum Gasteiger partial charge on any atom is 0.0837 e. The highest BCUT2D eigenvalue weighted by Gasteiger charge is 2.20. The molecule has 96 valence electrons. The first-order valence-corrected chi connectivity index (χ1v) is 6.60. The number of aromatic nitrogens is 2. The van der Waals surface area contributed by atoms with E-state index < -0.39 is 6.04 Å². The Bertz CT molecular complexity index is 566. The molecule has 0 bridgehead atoms. The zero-order chi connectivity index (χ0) is 13.3. The Kier molecular flexibility index (Phi) is 4.17. The molecule has 1 aromatic carbocycles. The molecular weight excluding hydrogens is 293 g/mol. The van der Waals surface area contributed by atoms with Crippen LogP contribution in [-0.2, 0) is 6.54 Å². The number of benzene rings is 1. The highest BCUT2D eigenvalue weighted by molar-refractivity contribution is 6.42. The molecule has 3 nitrogen and oxygen atoms in total. The monoisotopic (exact) mass is 303 g/mol. The summed E-state index contributed by atoms with van der Waals surface area (Å²) in [5.74, 6) is 0. The summed E-state index contributed by atoms with van der Waals surface area (Å²) in [4.78, 5) is 0. The SMILES string of the molecule is CCn1ncc(Cl)c1C(N)c1cccc(Cl)c1Cl. The normalized spacial score (nSPS) is 12.7. The third-order valence-corrected chi connectivity index (χ3v) is 3.87. The Hall–Kier alpha value is -0.740. The summed E-state index contributed by atoms with van der Waals surface area (Å²) < 4.78 is 1.75. The molecule has 2 rings (SSSR count). The topological polar surface area (TPSA) is 43.8 Å². The van der Waals surface area contributed by atoms with Crippen LogP contribution in [0.15, 0.2) is 24.4 Å². The quantitative estimate of drug-likeness (QED) is 0.934. The van der Waals surface area contributed by atoms with Crippen LogP contribution in [0.2, 0.25) is 15.1 Å². The molecule has 0 saturated heterocycles. The van der Waals surface area contributed by atoms with Gasteiger partial charge in [-0.05, 0) is 18.6 Å². The molecule has 0 aliphatic rings. The number of hydrogen-bond acceptors (Lipinski definition) is 2. The Morgan fingerprint density at radius 2 is 2.00 bits per heavy atom. The first-order valence-electron chi connectivity index (χ1n) is 5.47. The molecule has 0 amide bonds. The fraction of sp³-hybridized carbons (Fsp3) is 0.250. The van der Waals surface area contributed by atoms with E-state index in [1.54, 1.807) is 16.9 Å². The lowest BCUT2D eigenvalue weighted by molar-refractivity contribution is 0.601. The lowest BCUT2D eigenvalue weighted by atomic mass is 10.0. The smallest absolute Gasteiger partial charge is 0.0837 e. The van der Waals surface area contributed by atoms with E-state index in [-0.39, 0.29) is 0 Å². The molecule has 0 radical (unpaired) electrons. The summed E-state index contributed by atoms with van der Waals surface area (Å²) in [5, 5.41) is 5.62.